The predicted molar refractivity (Wildman–Crippen MR) is 94.8 cm³/mol. The number of Topliss-reactive ketones (excluding diaryl/α,β-unsaturated/α-hetero) is 1. The summed E-state index contributed by atoms with van der Waals surface area (Å²) in [5.74, 6) is -4.85. The van der Waals surface area contributed by atoms with Gasteiger partial charge in [0.25, 0.3) is 10.0 Å². The average Bonchev–Trinajstić information content (AvgIpc) is 3.09. The van der Waals surface area contributed by atoms with E-state index in [-0.39, 0.29) is 10.5 Å². The summed E-state index contributed by atoms with van der Waals surface area (Å²) in [6.45, 7) is 0. The largest absolute Gasteiger partial charge is 0.477 e. The number of hydrogen-bond donors (Lipinski definition) is 1. The van der Waals surface area contributed by atoms with Gasteiger partial charge in [0.15, 0.2) is 17.4 Å². The van der Waals surface area contributed by atoms with Crippen molar-refractivity contribution in [3.8, 4) is 0 Å². The van der Waals surface area contributed by atoms with Gasteiger partial charge in [-0.2, -0.15) is 0 Å². The molecule has 0 atom stereocenters. The Balaban J connectivity index is 2.01. The zero-order valence-electron chi connectivity index (χ0n) is 14.2. The molecular formula is C19H13F2NO5S. The highest BCUT2D eigenvalue weighted by Gasteiger charge is 2.25. The quantitative estimate of drug-likeness (QED) is 0.636. The van der Waals surface area contributed by atoms with E-state index in [1.807, 2.05) is 0 Å². The summed E-state index contributed by atoms with van der Waals surface area (Å²) in [6.07, 6.45) is 0.485. The van der Waals surface area contributed by atoms with Crippen molar-refractivity contribution in [2.24, 2.45) is 0 Å². The van der Waals surface area contributed by atoms with Gasteiger partial charge in [-0.15, -0.1) is 0 Å². The summed E-state index contributed by atoms with van der Waals surface area (Å²) in [6, 6.07) is 11.3. The Hall–Kier alpha value is -3.33. The van der Waals surface area contributed by atoms with Crippen LogP contribution >= 0.6 is 0 Å². The van der Waals surface area contributed by atoms with Crippen LogP contribution in [0.4, 0.5) is 8.78 Å². The fourth-order valence-corrected chi connectivity index (χ4v) is 4.05. The molecular weight excluding hydrogens is 392 g/mol. The van der Waals surface area contributed by atoms with Crippen LogP contribution in [0.1, 0.15) is 26.4 Å². The number of halogens is 2. The zero-order valence-corrected chi connectivity index (χ0v) is 15.0. The number of ketones is 1. The third kappa shape index (κ3) is 3.56. The molecule has 1 aromatic heterocycles. The fraction of sp³-hybridized carbons (Fsp3) is 0.0526. The molecule has 1 N–H and O–H groups in total. The first-order valence-corrected chi connectivity index (χ1v) is 9.38. The number of benzene rings is 2. The van der Waals surface area contributed by atoms with Crippen molar-refractivity contribution in [2.45, 2.75) is 11.3 Å². The van der Waals surface area contributed by atoms with Gasteiger partial charge in [-0.1, -0.05) is 24.3 Å². The molecule has 144 valence electrons. The second kappa shape index (κ2) is 7.35. The Morgan fingerprint density at radius 3 is 2.32 bits per heavy atom. The molecule has 3 aromatic rings. The fourth-order valence-electron chi connectivity index (χ4n) is 2.65. The number of carbonyl (C=O) groups is 2. The highest BCUT2D eigenvalue weighted by Crippen LogP contribution is 2.21. The molecule has 9 heteroatoms. The van der Waals surface area contributed by atoms with E-state index in [1.165, 1.54) is 30.3 Å². The summed E-state index contributed by atoms with van der Waals surface area (Å²) in [5, 5.41) is 9.34. The molecule has 1 heterocycles. The second-order valence-electron chi connectivity index (χ2n) is 5.85. The van der Waals surface area contributed by atoms with Crippen LogP contribution in [0.25, 0.3) is 0 Å². The molecule has 0 aliphatic rings. The van der Waals surface area contributed by atoms with Crippen molar-refractivity contribution in [1.82, 2.24) is 3.97 Å². The van der Waals surface area contributed by atoms with Gasteiger partial charge < -0.3 is 5.11 Å². The lowest BCUT2D eigenvalue weighted by atomic mass is 10.0. The maximum Gasteiger partial charge on any atom is 0.353 e. The van der Waals surface area contributed by atoms with Crippen LogP contribution in [-0.2, 0) is 16.4 Å². The Kier molecular flexibility index (Phi) is 5.10. The summed E-state index contributed by atoms with van der Waals surface area (Å²) in [7, 11) is -4.22. The summed E-state index contributed by atoms with van der Waals surface area (Å²) < 4.78 is 53.1. The first-order chi connectivity index (χ1) is 13.2. The SMILES string of the molecule is O=C(Cc1cc(C(=O)O)n(S(=O)(=O)c2ccccc2)c1)c1cccc(F)c1F. The minimum atomic E-state index is -4.22. The number of aromatic nitrogens is 1. The first kappa shape index (κ1) is 19.4. The zero-order chi connectivity index (χ0) is 20.5. The number of carboxylic acids is 1. The van der Waals surface area contributed by atoms with Crippen molar-refractivity contribution in [1.29, 1.82) is 0 Å². The van der Waals surface area contributed by atoms with Crippen molar-refractivity contribution in [3.05, 3.63) is 89.2 Å². The molecule has 2 aromatic carbocycles. The van der Waals surface area contributed by atoms with Gasteiger partial charge in [-0.3, -0.25) is 4.79 Å². The number of carboxylic acid groups (broad SMARTS) is 1. The average molecular weight is 405 g/mol. The maximum absolute atomic E-state index is 13.8. The highest BCUT2D eigenvalue weighted by molar-refractivity contribution is 7.90. The van der Waals surface area contributed by atoms with Gasteiger partial charge in [0, 0.05) is 12.6 Å². The molecule has 0 aliphatic carbocycles. The van der Waals surface area contributed by atoms with E-state index >= 15 is 0 Å². The van der Waals surface area contributed by atoms with Crippen LogP contribution in [-0.4, -0.2) is 29.2 Å². The molecule has 3 rings (SSSR count). The van der Waals surface area contributed by atoms with E-state index in [2.05, 4.69) is 0 Å². The van der Waals surface area contributed by atoms with Crippen LogP contribution in [0.2, 0.25) is 0 Å². The van der Waals surface area contributed by atoms with Crippen molar-refractivity contribution in [2.75, 3.05) is 0 Å². The third-order valence-electron chi connectivity index (χ3n) is 3.98. The smallest absolute Gasteiger partial charge is 0.353 e. The van der Waals surface area contributed by atoms with Crippen molar-refractivity contribution >= 4 is 21.8 Å². The Morgan fingerprint density at radius 1 is 1.00 bits per heavy atom. The van der Waals surface area contributed by atoms with Gasteiger partial charge in [-0.25, -0.2) is 26.0 Å². The molecule has 0 saturated heterocycles. The molecule has 0 radical (unpaired) electrons. The Morgan fingerprint density at radius 2 is 1.68 bits per heavy atom. The van der Waals surface area contributed by atoms with Crippen molar-refractivity contribution < 1.29 is 31.9 Å². The number of aromatic carboxylic acids is 1. The minimum Gasteiger partial charge on any atom is -0.477 e. The molecule has 0 saturated carbocycles. The summed E-state index contributed by atoms with van der Waals surface area (Å²) in [4.78, 5) is 23.6. The molecule has 0 bridgehead atoms. The lowest BCUT2D eigenvalue weighted by Crippen LogP contribution is -2.17. The Bertz CT molecular complexity index is 1170. The number of carbonyl (C=O) groups excluding carboxylic acids is 1. The van der Waals surface area contributed by atoms with E-state index in [0.717, 1.165) is 24.4 Å². The second-order valence-corrected chi connectivity index (χ2v) is 7.67. The van der Waals surface area contributed by atoms with E-state index in [4.69, 9.17) is 0 Å². The summed E-state index contributed by atoms with van der Waals surface area (Å²) in [5.41, 5.74) is -1.05. The molecule has 28 heavy (non-hydrogen) atoms. The van der Waals surface area contributed by atoms with Gasteiger partial charge in [-0.05, 0) is 35.9 Å². The van der Waals surface area contributed by atoms with Crippen LogP contribution in [0.3, 0.4) is 0 Å². The van der Waals surface area contributed by atoms with E-state index < -0.39 is 51.1 Å². The van der Waals surface area contributed by atoms with Crippen LogP contribution in [0.15, 0.2) is 65.7 Å². The van der Waals surface area contributed by atoms with E-state index in [1.54, 1.807) is 6.07 Å². The van der Waals surface area contributed by atoms with E-state index in [0.29, 0.717) is 3.97 Å². The van der Waals surface area contributed by atoms with Gasteiger partial charge in [0.1, 0.15) is 5.69 Å². The van der Waals surface area contributed by atoms with Gasteiger partial charge in [0.05, 0.1) is 10.5 Å². The number of rotatable bonds is 6. The lowest BCUT2D eigenvalue weighted by Gasteiger charge is -2.07. The monoisotopic (exact) mass is 405 g/mol. The van der Waals surface area contributed by atoms with Crippen LogP contribution in [0, 0.1) is 11.6 Å². The first-order valence-electron chi connectivity index (χ1n) is 7.94. The van der Waals surface area contributed by atoms with E-state index in [9.17, 15) is 31.9 Å². The van der Waals surface area contributed by atoms with Crippen LogP contribution < -0.4 is 0 Å². The summed E-state index contributed by atoms with van der Waals surface area (Å²) >= 11 is 0. The molecule has 0 fully saturated rings. The van der Waals surface area contributed by atoms with Crippen LogP contribution in [0.5, 0.6) is 0 Å². The molecule has 0 aliphatic heterocycles. The van der Waals surface area contributed by atoms with Gasteiger partial charge >= 0.3 is 5.97 Å². The highest BCUT2D eigenvalue weighted by atomic mass is 32.2. The third-order valence-corrected chi connectivity index (χ3v) is 5.67. The lowest BCUT2D eigenvalue weighted by molar-refractivity contribution is 0.0689. The molecule has 0 amide bonds. The van der Waals surface area contributed by atoms with Crippen molar-refractivity contribution in [3.63, 3.8) is 0 Å². The molecule has 6 nitrogen and oxygen atoms in total. The maximum atomic E-state index is 13.8. The predicted octanol–water partition coefficient (Wildman–Crippen LogP) is 3.13. The normalized spacial score (nSPS) is 11.4. The Labute approximate surface area is 158 Å². The standard InChI is InChI=1S/C19H13F2NO5S/c20-15-8-4-7-14(18(15)21)17(23)10-12-9-16(19(24)25)22(11-12)28(26,27)13-5-2-1-3-6-13/h1-9,11H,10H2,(H,24,25). The minimum absolute atomic E-state index is 0.0329. The topological polar surface area (TPSA) is 93.4 Å². The number of nitrogens with zero attached hydrogens (tertiary/aromatic N) is 1. The molecule has 0 spiro atoms. The van der Waals surface area contributed by atoms with Gasteiger partial charge in [0.2, 0.25) is 0 Å². The molecule has 0 unspecified atom stereocenters. The number of hydrogen-bond acceptors (Lipinski definition) is 4.